The molecule has 0 aliphatic carbocycles. The van der Waals surface area contributed by atoms with E-state index in [1.165, 1.54) is 32.1 Å². The third kappa shape index (κ3) is 13.3. The Labute approximate surface area is 274 Å². The van der Waals surface area contributed by atoms with Crippen LogP contribution < -0.4 is 9.47 Å². The molecule has 0 heterocycles. The van der Waals surface area contributed by atoms with Crippen molar-refractivity contribution in [2.45, 2.75) is 110 Å². The van der Waals surface area contributed by atoms with Crippen LogP contribution in [0, 0.1) is 11.8 Å². The van der Waals surface area contributed by atoms with Gasteiger partial charge in [-0.3, -0.25) is 4.79 Å². The minimum atomic E-state index is -0.505. The Morgan fingerprint density at radius 2 is 1.04 bits per heavy atom. The number of carbonyl (C=O) groups is 3. The summed E-state index contributed by atoms with van der Waals surface area (Å²) >= 11 is 0. The van der Waals surface area contributed by atoms with Gasteiger partial charge in [-0.15, -0.1) is 0 Å². The number of carbonyl (C=O) groups excluding carboxylic acids is 3. The van der Waals surface area contributed by atoms with Crippen LogP contribution in [0.5, 0.6) is 11.5 Å². The number of esters is 3. The smallest absolute Gasteiger partial charge is 0.343 e. The Balaban J connectivity index is 1.45. The number of hydrogen-bond acceptors (Lipinski definition) is 6. The SMILES string of the molecule is CCCCCCCCC(=O)Oc1ccc(C#Cc2ccc(C(=O)Oc3ccc(C(=O)OC(CC)CCCCCC)cc3)cc2)cc1. The zero-order valence-electron chi connectivity index (χ0n) is 27.6. The van der Waals surface area contributed by atoms with Gasteiger partial charge in [-0.25, -0.2) is 9.59 Å². The lowest BCUT2D eigenvalue weighted by molar-refractivity contribution is -0.134. The van der Waals surface area contributed by atoms with E-state index in [-0.39, 0.29) is 18.0 Å². The first kappa shape index (κ1) is 36.1. The second-order valence-electron chi connectivity index (χ2n) is 11.5. The molecule has 0 fully saturated rings. The molecule has 244 valence electrons. The van der Waals surface area contributed by atoms with Crippen molar-refractivity contribution >= 4 is 17.9 Å². The summed E-state index contributed by atoms with van der Waals surface area (Å²) in [4.78, 5) is 37.4. The molecule has 0 saturated carbocycles. The van der Waals surface area contributed by atoms with Crippen LogP contribution in [0.25, 0.3) is 0 Å². The average molecular weight is 625 g/mol. The van der Waals surface area contributed by atoms with Crippen molar-refractivity contribution in [2.24, 2.45) is 0 Å². The zero-order valence-corrected chi connectivity index (χ0v) is 27.6. The lowest BCUT2D eigenvalue weighted by Gasteiger charge is -2.16. The first-order valence-corrected chi connectivity index (χ1v) is 16.9. The van der Waals surface area contributed by atoms with E-state index >= 15 is 0 Å². The standard InChI is InChI=1S/C40H48O6/c1-4-7-9-11-12-14-16-38(41)44-36-27-21-32(22-28-36)18-17-31-19-23-33(24-20-31)40(43)46-37-29-25-34(26-30-37)39(42)45-35(6-3)15-13-10-8-5-2/h19-30,35H,4-16H2,1-3H3. The molecule has 0 aliphatic rings. The third-order valence-electron chi connectivity index (χ3n) is 7.70. The average Bonchev–Trinajstić information content (AvgIpc) is 3.07. The van der Waals surface area contributed by atoms with Crippen LogP contribution in [0.4, 0.5) is 0 Å². The Bertz CT molecular complexity index is 1410. The highest BCUT2D eigenvalue weighted by Gasteiger charge is 2.15. The van der Waals surface area contributed by atoms with Gasteiger partial charge >= 0.3 is 17.9 Å². The first-order valence-electron chi connectivity index (χ1n) is 16.9. The van der Waals surface area contributed by atoms with Crippen LogP contribution in [0.1, 0.15) is 136 Å². The van der Waals surface area contributed by atoms with Crippen LogP contribution >= 0.6 is 0 Å². The van der Waals surface area contributed by atoms with Crippen molar-refractivity contribution < 1.29 is 28.6 Å². The van der Waals surface area contributed by atoms with Gasteiger partial charge in [-0.05, 0) is 98.5 Å². The van der Waals surface area contributed by atoms with Gasteiger partial charge in [0.25, 0.3) is 0 Å². The summed E-state index contributed by atoms with van der Waals surface area (Å²) in [5, 5.41) is 0. The van der Waals surface area contributed by atoms with Crippen molar-refractivity contribution in [2.75, 3.05) is 0 Å². The Hall–Kier alpha value is -4.37. The Morgan fingerprint density at radius 3 is 1.65 bits per heavy atom. The molecular formula is C40H48O6. The van der Waals surface area contributed by atoms with Gasteiger partial charge in [0.2, 0.25) is 0 Å². The van der Waals surface area contributed by atoms with Crippen LogP contribution in [0.15, 0.2) is 72.8 Å². The molecule has 3 aromatic carbocycles. The molecule has 0 amide bonds. The third-order valence-corrected chi connectivity index (χ3v) is 7.70. The summed E-state index contributed by atoms with van der Waals surface area (Å²) in [7, 11) is 0. The minimum Gasteiger partial charge on any atom is -0.459 e. The lowest BCUT2D eigenvalue weighted by Crippen LogP contribution is -2.17. The summed E-state index contributed by atoms with van der Waals surface area (Å²) in [6.45, 7) is 6.39. The van der Waals surface area contributed by atoms with Crippen molar-refractivity contribution in [1.82, 2.24) is 0 Å². The maximum atomic E-state index is 12.7. The molecule has 1 unspecified atom stereocenters. The number of hydrogen-bond donors (Lipinski definition) is 0. The van der Waals surface area contributed by atoms with E-state index in [9.17, 15) is 14.4 Å². The number of ether oxygens (including phenoxy) is 3. The number of rotatable bonds is 18. The molecule has 0 radical (unpaired) electrons. The van der Waals surface area contributed by atoms with E-state index in [0.717, 1.165) is 56.1 Å². The number of unbranched alkanes of at least 4 members (excludes halogenated alkanes) is 8. The van der Waals surface area contributed by atoms with Crippen molar-refractivity contribution in [3.05, 3.63) is 95.1 Å². The van der Waals surface area contributed by atoms with Crippen LogP contribution in [-0.4, -0.2) is 24.0 Å². The van der Waals surface area contributed by atoms with E-state index in [0.29, 0.717) is 29.0 Å². The van der Waals surface area contributed by atoms with Gasteiger partial charge in [0.1, 0.15) is 17.6 Å². The summed E-state index contributed by atoms with van der Waals surface area (Å²) in [5.74, 6) is 5.94. The highest BCUT2D eigenvalue weighted by Crippen LogP contribution is 2.19. The molecule has 0 spiro atoms. The van der Waals surface area contributed by atoms with Crippen LogP contribution in [0.2, 0.25) is 0 Å². The zero-order chi connectivity index (χ0) is 33.0. The maximum absolute atomic E-state index is 12.7. The second-order valence-corrected chi connectivity index (χ2v) is 11.5. The normalized spacial score (nSPS) is 11.2. The van der Waals surface area contributed by atoms with E-state index in [1.54, 1.807) is 60.7 Å². The van der Waals surface area contributed by atoms with Gasteiger partial charge in [0.15, 0.2) is 0 Å². The van der Waals surface area contributed by atoms with Gasteiger partial charge in [0.05, 0.1) is 11.1 Å². The van der Waals surface area contributed by atoms with Crippen LogP contribution in [-0.2, 0) is 9.53 Å². The van der Waals surface area contributed by atoms with Gasteiger partial charge in [-0.1, -0.05) is 84.0 Å². The molecule has 0 bridgehead atoms. The van der Waals surface area contributed by atoms with Crippen LogP contribution in [0.3, 0.4) is 0 Å². The minimum absolute atomic E-state index is 0.0917. The molecular weight excluding hydrogens is 576 g/mol. The van der Waals surface area contributed by atoms with Crippen molar-refractivity contribution in [3.8, 4) is 23.3 Å². The summed E-state index contributed by atoms with van der Waals surface area (Å²) in [6.07, 6.45) is 13.3. The molecule has 6 nitrogen and oxygen atoms in total. The lowest BCUT2D eigenvalue weighted by atomic mass is 10.1. The highest BCUT2D eigenvalue weighted by atomic mass is 16.5. The maximum Gasteiger partial charge on any atom is 0.343 e. The van der Waals surface area contributed by atoms with E-state index in [2.05, 4.69) is 25.7 Å². The van der Waals surface area contributed by atoms with E-state index in [1.807, 2.05) is 19.1 Å². The Kier molecular flexibility index (Phi) is 16.2. The second kappa shape index (κ2) is 20.6. The fourth-order valence-electron chi connectivity index (χ4n) is 4.86. The molecule has 0 aliphatic heterocycles. The molecule has 3 rings (SSSR count). The molecule has 46 heavy (non-hydrogen) atoms. The molecule has 3 aromatic rings. The molecule has 0 saturated heterocycles. The van der Waals surface area contributed by atoms with Gasteiger partial charge < -0.3 is 14.2 Å². The van der Waals surface area contributed by atoms with Crippen molar-refractivity contribution in [3.63, 3.8) is 0 Å². The molecule has 6 heteroatoms. The highest BCUT2D eigenvalue weighted by molar-refractivity contribution is 5.92. The predicted octanol–water partition coefficient (Wildman–Crippen LogP) is 9.87. The summed E-state index contributed by atoms with van der Waals surface area (Å²) in [6, 6.07) is 20.4. The van der Waals surface area contributed by atoms with Crippen molar-refractivity contribution in [1.29, 1.82) is 0 Å². The van der Waals surface area contributed by atoms with Gasteiger partial charge in [0, 0.05) is 17.5 Å². The van der Waals surface area contributed by atoms with E-state index < -0.39 is 5.97 Å². The number of benzene rings is 3. The largest absolute Gasteiger partial charge is 0.459 e. The van der Waals surface area contributed by atoms with E-state index in [4.69, 9.17) is 14.2 Å². The Morgan fingerprint density at radius 1 is 0.565 bits per heavy atom. The van der Waals surface area contributed by atoms with Gasteiger partial charge in [-0.2, -0.15) is 0 Å². The quantitative estimate of drug-likeness (QED) is 0.0607. The summed E-state index contributed by atoms with van der Waals surface area (Å²) in [5.41, 5.74) is 2.33. The fraction of sp³-hybridized carbons (Fsp3) is 0.425. The monoisotopic (exact) mass is 624 g/mol. The summed E-state index contributed by atoms with van der Waals surface area (Å²) < 4.78 is 16.6. The molecule has 1 atom stereocenters. The first-order chi connectivity index (χ1) is 22.4. The molecule has 0 aromatic heterocycles. The predicted molar refractivity (Wildman–Crippen MR) is 182 cm³/mol. The molecule has 0 N–H and O–H groups in total. The fourth-order valence-corrected chi connectivity index (χ4v) is 4.86. The topological polar surface area (TPSA) is 78.9 Å².